The average molecular weight is 1630 g/mol. The molecule has 0 saturated carbocycles. The van der Waals surface area contributed by atoms with Gasteiger partial charge in [0.05, 0.1) is 60.1 Å². The summed E-state index contributed by atoms with van der Waals surface area (Å²) in [7, 11) is 0. The second-order valence-corrected chi connectivity index (χ2v) is 31.4. The van der Waals surface area contributed by atoms with Crippen molar-refractivity contribution in [3.05, 3.63) is 151 Å². The van der Waals surface area contributed by atoms with Crippen molar-refractivity contribution in [1.82, 2.24) is 108 Å². The van der Waals surface area contributed by atoms with Crippen LogP contribution in [0.15, 0.2) is 111 Å². The lowest BCUT2D eigenvalue weighted by molar-refractivity contribution is -0.142. The van der Waals surface area contributed by atoms with Gasteiger partial charge in [-0.3, -0.25) is 47.9 Å². The first-order chi connectivity index (χ1) is 56.6. The third kappa shape index (κ3) is 28.6. The van der Waals surface area contributed by atoms with Gasteiger partial charge in [-0.1, -0.05) is 104 Å². The molecule has 0 fully saturated rings. The summed E-state index contributed by atoms with van der Waals surface area (Å²) in [6.45, 7) is 15.2. The number of unbranched alkanes of at least 4 members (excludes halogenated alkanes) is 2. The van der Waals surface area contributed by atoms with Crippen LogP contribution in [0, 0.1) is 23.7 Å². The molecule has 7 aromatic rings. The summed E-state index contributed by atoms with van der Waals surface area (Å²) in [4.78, 5) is 209. The zero-order valence-electron chi connectivity index (χ0n) is 68.0. The number of nitrogens with two attached hydrogens (primary N) is 2. The highest BCUT2D eigenvalue weighted by molar-refractivity contribution is 5.99. The van der Waals surface area contributed by atoms with Crippen LogP contribution < -0.4 is 70.0 Å². The summed E-state index contributed by atoms with van der Waals surface area (Å²) >= 11 is 0. The van der Waals surface area contributed by atoms with E-state index in [4.69, 9.17) is 16.2 Å². The normalized spacial score (nSPS) is 14.6. The molecule has 1 aliphatic carbocycles. The van der Waals surface area contributed by atoms with Crippen molar-refractivity contribution in [1.29, 1.82) is 0 Å². The molecule has 0 radical (unpaired) electrons. The van der Waals surface area contributed by atoms with Gasteiger partial charge < -0.3 is 105 Å². The van der Waals surface area contributed by atoms with Gasteiger partial charge in [-0.15, -0.1) is 0 Å². The highest BCUT2D eigenvalue weighted by Crippen LogP contribution is 2.44. The van der Waals surface area contributed by atoms with Gasteiger partial charge in [-0.05, 0) is 123 Å². The molecule has 0 saturated heterocycles. The van der Waals surface area contributed by atoms with Crippen LogP contribution in [0.5, 0.6) is 0 Å². The first-order valence-corrected chi connectivity index (χ1v) is 40.2. The van der Waals surface area contributed by atoms with Crippen LogP contribution in [0.2, 0.25) is 0 Å². The zero-order chi connectivity index (χ0) is 85.4. The number of carboxylic acid groups (broad SMARTS) is 1. The lowest BCUT2D eigenvalue weighted by Crippen LogP contribution is -2.61. The summed E-state index contributed by atoms with van der Waals surface area (Å²) < 4.78 is 5.84. The van der Waals surface area contributed by atoms with E-state index in [0.29, 0.717) is 60.7 Å². The van der Waals surface area contributed by atoms with E-state index in [2.05, 4.69) is 108 Å². The molecular weight excluding hydrogens is 1520 g/mol. The molecule has 1 aliphatic rings. The van der Waals surface area contributed by atoms with Crippen LogP contribution >= 0.6 is 0 Å². The van der Waals surface area contributed by atoms with Crippen molar-refractivity contribution < 1.29 is 67.4 Å². The molecule has 638 valence electrons. The Bertz CT molecular complexity index is 4320. The van der Waals surface area contributed by atoms with Crippen molar-refractivity contribution in [3.63, 3.8) is 0 Å². The zero-order valence-corrected chi connectivity index (χ0v) is 68.0. The number of aromatic amines is 5. The van der Waals surface area contributed by atoms with E-state index in [1.54, 1.807) is 20.0 Å². The number of aliphatic carboxylic acids is 1. The number of H-pyrrole nitrogens is 5. The largest absolute Gasteiger partial charge is 0.480 e. The Morgan fingerprint density at radius 1 is 0.347 bits per heavy atom. The molecule has 118 heavy (non-hydrogen) atoms. The number of amides is 11. The van der Waals surface area contributed by atoms with Gasteiger partial charge in [0, 0.05) is 69.0 Å². The first-order valence-electron chi connectivity index (χ1n) is 40.2. The van der Waals surface area contributed by atoms with E-state index in [1.807, 2.05) is 90.1 Å². The number of carboxylic acids is 1. The maximum Gasteiger partial charge on any atom is 0.407 e. The van der Waals surface area contributed by atoms with Gasteiger partial charge in [0.25, 0.3) is 0 Å². The smallest absolute Gasteiger partial charge is 0.407 e. The maximum atomic E-state index is 15.1. The molecule has 11 amide bonds. The summed E-state index contributed by atoms with van der Waals surface area (Å²) in [6, 6.07) is 0.553. The Balaban J connectivity index is 0.979. The number of imidazole rings is 5. The van der Waals surface area contributed by atoms with Crippen molar-refractivity contribution in [2.75, 3.05) is 19.7 Å². The number of carbonyl (C=O) groups excluding carboxylic acids is 11. The fourth-order valence-corrected chi connectivity index (χ4v) is 13.9. The quantitative estimate of drug-likeness (QED) is 0.0243. The van der Waals surface area contributed by atoms with Crippen LogP contribution in [-0.4, -0.2) is 212 Å². The molecule has 0 bridgehead atoms. The second-order valence-electron chi connectivity index (χ2n) is 31.4. The number of fused-ring (bicyclic) bond motifs is 3. The Kier molecular flexibility index (Phi) is 35.6. The van der Waals surface area contributed by atoms with Gasteiger partial charge in [0.1, 0.15) is 73.1 Å². The van der Waals surface area contributed by atoms with Crippen LogP contribution in [0.1, 0.15) is 165 Å². The Labute approximate surface area is 684 Å². The van der Waals surface area contributed by atoms with Gasteiger partial charge in [-0.25, -0.2) is 34.5 Å². The molecule has 5 aromatic heterocycles. The Morgan fingerprint density at radius 3 is 0.864 bits per heavy atom. The lowest BCUT2D eigenvalue weighted by atomic mass is 9.98. The number of hydrogen-bond donors (Lipinski definition) is 19. The Morgan fingerprint density at radius 2 is 0.593 bits per heavy atom. The summed E-state index contributed by atoms with van der Waals surface area (Å²) in [6.07, 6.45) is 14.4. The van der Waals surface area contributed by atoms with E-state index in [9.17, 15) is 53.1 Å². The number of rotatable bonds is 50. The molecule has 37 nitrogen and oxygen atoms in total. The number of alkyl carbamates (subject to hydrolysis) is 1. The Hall–Kier alpha value is -12.1. The summed E-state index contributed by atoms with van der Waals surface area (Å²) in [5.74, 6) is -10.7. The third-order valence-electron chi connectivity index (χ3n) is 19.8. The number of benzene rings is 2. The van der Waals surface area contributed by atoms with Crippen LogP contribution in [0.25, 0.3) is 11.1 Å². The van der Waals surface area contributed by atoms with Crippen molar-refractivity contribution >= 4 is 71.1 Å². The number of hydrogen-bond acceptors (Lipinski definition) is 20. The summed E-state index contributed by atoms with van der Waals surface area (Å²) in [5, 5.41) is 40.3. The first kappa shape index (κ1) is 91.4. The highest BCUT2D eigenvalue weighted by atomic mass is 16.5. The summed E-state index contributed by atoms with van der Waals surface area (Å²) in [5.41, 5.74) is 17.1. The molecule has 21 N–H and O–H groups in total. The van der Waals surface area contributed by atoms with Crippen LogP contribution in [-0.2, 0) is 89.6 Å². The third-order valence-corrected chi connectivity index (χ3v) is 19.8. The van der Waals surface area contributed by atoms with Crippen LogP contribution in [0.3, 0.4) is 0 Å². The molecule has 0 aliphatic heterocycles. The standard InChI is InChI=1S/C81H115N23O14/c1-45(2)25-61(97-76(111)66(30-50-35-85-41-90-50)101-74(109)64(28-48(7)8)104-81(117)118-39-58-56-19-11-9-17-54(56)55-18-10-12-20-57(55)58)71(106)96-62(26-46(3)4)72(107)99-69(33-53-38-88-44-93-53)79(114)103-67(31-51-36-86-42-91-51)77(112)98-63(27-47(5)6)73(108)100-68(32-52-37-87-43-92-52)78(113)102-65(29-49-34-84-40-89-49)75(110)94-59(21-13-15-23-82)70(105)95-60(80(115)116)22-14-16-24-83/h9-12,17-20,34-38,40-48,58-69H,13-16,21-33,39,82-83H2,1-8H3,(H,84,89)(H,85,90)(H,86,91)(H,87,92)(H,88,93)(H,94,110)(H,95,105)(H,96,106)(H,97,111)(H,98,112)(H,99,107)(H,100,108)(H,101,109)(H,102,113)(H,103,114)(H,104,117)(H,115,116)/t59-,60-,61-,62-,63-,64-,65-,66-,67-,68-,69-/m0/s1. The number of nitrogens with one attached hydrogen (secondary N) is 16. The molecule has 2 aromatic carbocycles. The number of ether oxygens (including phenoxy) is 1. The fourth-order valence-electron chi connectivity index (χ4n) is 13.9. The number of nitrogens with zero attached hydrogens (tertiary/aromatic N) is 5. The van der Waals surface area contributed by atoms with Gasteiger partial charge in [0.2, 0.25) is 59.1 Å². The molecule has 0 unspecified atom stereocenters. The number of carbonyl (C=O) groups is 12. The molecule has 5 heterocycles. The average Bonchev–Trinajstić information content (AvgIpc) is 1.61. The highest BCUT2D eigenvalue weighted by Gasteiger charge is 2.39. The SMILES string of the molecule is CC(C)C[C@H](NC(=O)OCC1c2ccccc2-c2ccccc21)C(=O)N[C@@H](Cc1c[nH]cn1)C(=O)N[C@@H](CC(C)C)C(=O)N[C@@H](CC(C)C)C(=O)N[C@@H](Cc1c[nH]cn1)C(=O)N[C@@H](Cc1c[nH]cn1)C(=O)N[C@@H](CC(C)C)C(=O)N[C@@H](Cc1c[nH]cn1)C(=O)N[C@@H](Cc1c[nH]cn1)C(=O)N[C@@H](CCCCN)C(=O)N[C@@H](CCCCN)C(=O)O. The van der Waals surface area contributed by atoms with E-state index in [0.717, 1.165) is 22.3 Å². The minimum absolute atomic E-state index is 0.0152. The molecular formula is C81H115N23O14. The second kappa shape index (κ2) is 46.0. The van der Waals surface area contributed by atoms with Crippen molar-refractivity contribution in [2.45, 2.75) is 224 Å². The monoisotopic (exact) mass is 1630 g/mol. The maximum absolute atomic E-state index is 15.1. The van der Waals surface area contributed by atoms with Crippen molar-refractivity contribution in [3.8, 4) is 11.1 Å². The predicted molar refractivity (Wildman–Crippen MR) is 434 cm³/mol. The minimum atomic E-state index is -1.53. The van der Waals surface area contributed by atoms with Gasteiger partial charge >= 0.3 is 12.1 Å². The minimum Gasteiger partial charge on any atom is -0.480 e. The van der Waals surface area contributed by atoms with Gasteiger partial charge in [-0.2, -0.15) is 0 Å². The van der Waals surface area contributed by atoms with E-state index < -0.39 is 138 Å². The molecule has 11 atom stereocenters. The van der Waals surface area contributed by atoms with Gasteiger partial charge in [0.15, 0.2) is 0 Å². The predicted octanol–water partition coefficient (Wildman–Crippen LogP) is 2.10. The van der Waals surface area contributed by atoms with Crippen LogP contribution in [0.4, 0.5) is 4.79 Å². The number of aromatic nitrogens is 10. The van der Waals surface area contributed by atoms with E-state index in [-0.39, 0.29) is 113 Å². The molecule has 8 rings (SSSR count). The molecule has 37 heteroatoms. The molecule has 0 spiro atoms. The van der Waals surface area contributed by atoms with E-state index >= 15 is 9.59 Å². The fraction of sp³-hybridized carbons (Fsp3) is 0.519. The topological polar surface area (TPSA) is 562 Å². The lowest BCUT2D eigenvalue weighted by Gasteiger charge is -2.29. The van der Waals surface area contributed by atoms with E-state index in [1.165, 1.54) is 56.4 Å². The van der Waals surface area contributed by atoms with Crippen molar-refractivity contribution in [2.24, 2.45) is 35.1 Å².